The van der Waals surface area contributed by atoms with Gasteiger partial charge in [0.2, 0.25) is 5.91 Å². The Bertz CT molecular complexity index is 436. The molecule has 4 nitrogen and oxygen atoms in total. The molecule has 0 bridgehead atoms. The van der Waals surface area contributed by atoms with E-state index in [0.717, 1.165) is 5.02 Å². The van der Waals surface area contributed by atoms with Gasteiger partial charge in [0, 0.05) is 37.7 Å². The number of nitrogens with one attached hydrogen (secondary N) is 1. The summed E-state index contributed by atoms with van der Waals surface area (Å²) in [6.45, 7) is 5.80. The van der Waals surface area contributed by atoms with E-state index in [9.17, 15) is 4.79 Å². The molecule has 0 aliphatic rings. The molecule has 0 aliphatic carbocycles. The third-order valence-corrected chi connectivity index (χ3v) is 4.13. The van der Waals surface area contributed by atoms with Gasteiger partial charge in [-0.05, 0) is 24.6 Å². The molecule has 1 rings (SSSR count). The largest absolute Gasteiger partial charge is 0.383 e. The van der Waals surface area contributed by atoms with Crippen LogP contribution in [0.25, 0.3) is 0 Å². The Morgan fingerprint density at radius 3 is 2.52 bits per heavy atom. The predicted molar refractivity (Wildman–Crippen MR) is 86.8 cm³/mol. The molecule has 118 valence electrons. The van der Waals surface area contributed by atoms with E-state index >= 15 is 0 Å². The van der Waals surface area contributed by atoms with Gasteiger partial charge in [-0.2, -0.15) is 0 Å². The Morgan fingerprint density at radius 1 is 1.33 bits per heavy atom. The molecule has 21 heavy (non-hydrogen) atoms. The Kier molecular flexibility index (Phi) is 7.72. The second-order valence-corrected chi connectivity index (χ2v) is 5.69. The lowest BCUT2D eigenvalue weighted by molar-refractivity contribution is -0.131. The molecule has 1 aromatic rings. The average molecular weight is 313 g/mol. The van der Waals surface area contributed by atoms with Crippen LogP contribution < -0.4 is 5.32 Å². The quantitative estimate of drug-likeness (QED) is 0.750. The topological polar surface area (TPSA) is 41.6 Å². The number of hydrogen-bond acceptors (Lipinski definition) is 3. The smallest absolute Gasteiger partial charge is 0.236 e. The van der Waals surface area contributed by atoms with Crippen LogP contribution in [-0.4, -0.2) is 50.7 Å². The number of likely N-dealkylation sites (N-methyl/N-ethyl adjacent to an activating group) is 1. The van der Waals surface area contributed by atoms with Crippen LogP contribution >= 0.6 is 11.6 Å². The molecular weight excluding hydrogens is 288 g/mol. The van der Waals surface area contributed by atoms with E-state index in [-0.39, 0.29) is 17.9 Å². The van der Waals surface area contributed by atoms with Crippen LogP contribution in [0.1, 0.15) is 25.3 Å². The van der Waals surface area contributed by atoms with Gasteiger partial charge in [-0.25, -0.2) is 0 Å². The fraction of sp³-hybridized carbons (Fsp3) is 0.562. The lowest BCUT2D eigenvalue weighted by Gasteiger charge is -2.30. The molecule has 5 heteroatoms. The number of ether oxygens (including phenoxy) is 1. The van der Waals surface area contributed by atoms with E-state index < -0.39 is 0 Å². The van der Waals surface area contributed by atoms with Gasteiger partial charge in [-0.1, -0.05) is 30.7 Å². The minimum Gasteiger partial charge on any atom is -0.383 e. The van der Waals surface area contributed by atoms with E-state index in [1.165, 1.54) is 5.56 Å². The molecule has 0 saturated carbocycles. The van der Waals surface area contributed by atoms with Crippen LogP contribution in [0.15, 0.2) is 24.3 Å². The maximum absolute atomic E-state index is 12.1. The first-order valence-electron chi connectivity index (χ1n) is 7.18. The van der Waals surface area contributed by atoms with Crippen LogP contribution in [0.3, 0.4) is 0 Å². The Hall–Kier alpha value is -1.10. The second kappa shape index (κ2) is 9.03. The molecule has 0 fully saturated rings. The summed E-state index contributed by atoms with van der Waals surface area (Å²) in [6, 6.07) is 7.91. The fourth-order valence-corrected chi connectivity index (χ4v) is 2.23. The summed E-state index contributed by atoms with van der Waals surface area (Å²) in [4.78, 5) is 13.9. The Labute approximate surface area is 132 Å². The first-order chi connectivity index (χ1) is 9.97. The fourth-order valence-electron chi connectivity index (χ4n) is 2.10. The molecule has 0 saturated heterocycles. The van der Waals surface area contributed by atoms with Crippen molar-refractivity contribution in [1.29, 1.82) is 0 Å². The van der Waals surface area contributed by atoms with Gasteiger partial charge in [-0.15, -0.1) is 0 Å². The minimum atomic E-state index is 0.0828. The van der Waals surface area contributed by atoms with Gasteiger partial charge in [0.1, 0.15) is 0 Å². The summed E-state index contributed by atoms with van der Waals surface area (Å²) >= 11 is 5.91. The summed E-state index contributed by atoms with van der Waals surface area (Å²) in [6.07, 6.45) is 0. The lowest BCUT2D eigenvalue weighted by atomic mass is 9.93. The number of halogens is 1. The van der Waals surface area contributed by atoms with Crippen molar-refractivity contribution in [3.63, 3.8) is 0 Å². The maximum Gasteiger partial charge on any atom is 0.236 e. The molecule has 1 aromatic carbocycles. The van der Waals surface area contributed by atoms with Crippen molar-refractivity contribution in [1.82, 2.24) is 10.2 Å². The minimum absolute atomic E-state index is 0.0828. The highest BCUT2D eigenvalue weighted by Crippen LogP contribution is 2.23. The third-order valence-electron chi connectivity index (χ3n) is 3.88. The summed E-state index contributed by atoms with van der Waals surface area (Å²) in [5.74, 6) is 0.328. The van der Waals surface area contributed by atoms with Gasteiger partial charge in [-0.3, -0.25) is 4.79 Å². The van der Waals surface area contributed by atoms with Gasteiger partial charge in [0.15, 0.2) is 0 Å². The number of amides is 1. The monoisotopic (exact) mass is 312 g/mol. The van der Waals surface area contributed by atoms with Crippen molar-refractivity contribution in [3.05, 3.63) is 34.9 Å². The normalized spacial score (nSPS) is 13.8. The van der Waals surface area contributed by atoms with Crippen molar-refractivity contribution in [2.24, 2.45) is 0 Å². The molecule has 1 amide bonds. The summed E-state index contributed by atoms with van der Waals surface area (Å²) in [5, 5.41) is 3.80. The van der Waals surface area contributed by atoms with Crippen molar-refractivity contribution in [2.75, 3.05) is 33.9 Å². The standard InChI is InChI=1S/C16H25ClN2O2/c1-12(14-5-7-15(17)8-6-14)13(2)19(3)16(20)11-18-9-10-21-4/h5-8,12-13,18H,9-11H2,1-4H3. The van der Waals surface area contributed by atoms with Crippen LogP contribution in [0, 0.1) is 0 Å². The Balaban J connectivity index is 2.53. The summed E-state index contributed by atoms with van der Waals surface area (Å²) in [7, 11) is 3.49. The molecule has 0 radical (unpaired) electrons. The SMILES string of the molecule is COCCNCC(=O)N(C)C(C)C(C)c1ccc(Cl)cc1. The number of nitrogens with zero attached hydrogens (tertiary/aromatic N) is 1. The van der Waals surface area contributed by atoms with E-state index in [0.29, 0.717) is 19.7 Å². The zero-order valence-corrected chi connectivity index (χ0v) is 14.0. The van der Waals surface area contributed by atoms with E-state index in [1.807, 2.05) is 31.3 Å². The Morgan fingerprint density at radius 2 is 1.95 bits per heavy atom. The van der Waals surface area contributed by atoms with Crippen molar-refractivity contribution in [3.8, 4) is 0 Å². The van der Waals surface area contributed by atoms with Gasteiger partial charge in [0.05, 0.1) is 13.2 Å². The van der Waals surface area contributed by atoms with Crippen molar-refractivity contribution < 1.29 is 9.53 Å². The van der Waals surface area contributed by atoms with Gasteiger partial charge in [0.25, 0.3) is 0 Å². The highest BCUT2D eigenvalue weighted by Gasteiger charge is 2.22. The molecule has 0 aliphatic heterocycles. The van der Waals surface area contributed by atoms with E-state index in [2.05, 4.69) is 19.2 Å². The number of carbonyl (C=O) groups is 1. The zero-order chi connectivity index (χ0) is 15.8. The molecule has 0 aromatic heterocycles. The number of methoxy groups -OCH3 is 1. The molecule has 0 spiro atoms. The number of hydrogen-bond donors (Lipinski definition) is 1. The van der Waals surface area contributed by atoms with Crippen LogP contribution in [0.2, 0.25) is 5.02 Å². The van der Waals surface area contributed by atoms with Gasteiger partial charge < -0.3 is 15.0 Å². The lowest BCUT2D eigenvalue weighted by Crippen LogP contribution is -2.43. The highest BCUT2D eigenvalue weighted by atomic mass is 35.5. The van der Waals surface area contributed by atoms with Crippen molar-refractivity contribution in [2.45, 2.75) is 25.8 Å². The van der Waals surface area contributed by atoms with E-state index in [4.69, 9.17) is 16.3 Å². The van der Waals surface area contributed by atoms with E-state index in [1.54, 1.807) is 12.0 Å². The van der Waals surface area contributed by atoms with Crippen LogP contribution in [0.5, 0.6) is 0 Å². The zero-order valence-electron chi connectivity index (χ0n) is 13.2. The predicted octanol–water partition coefficient (Wildman–Crippen LogP) is 2.53. The number of carbonyl (C=O) groups excluding carboxylic acids is 1. The first kappa shape index (κ1) is 18.0. The maximum atomic E-state index is 12.1. The van der Waals surface area contributed by atoms with Crippen molar-refractivity contribution >= 4 is 17.5 Å². The first-order valence-corrected chi connectivity index (χ1v) is 7.56. The van der Waals surface area contributed by atoms with Crippen LogP contribution in [-0.2, 0) is 9.53 Å². The molecule has 2 atom stereocenters. The molecule has 1 N–H and O–H groups in total. The average Bonchev–Trinajstić information content (AvgIpc) is 2.50. The number of benzene rings is 1. The summed E-state index contributed by atoms with van der Waals surface area (Å²) in [5.41, 5.74) is 1.18. The third kappa shape index (κ3) is 5.65. The molecule has 0 heterocycles. The summed E-state index contributed by atoms with van der Waals surface area (Å²) < 4.78 is 4.94. The van der Waals surface area contributed by atoms with Gasteiger partial charge >= 0.3 is 0 Å². The number of rotatable bonds is 8. The highest BCUT2D eigenvalue weighted by molar-refractivity contribution is 6.30. The molecular formula is C16H25ClN2O2. The second-order valence-electron chi connectivity index (χ2n) is 5.26. The molecule has 2 unspecified atom stereocenters. The van der Waals surface area contributed by atoms with Crippen LogP contribution in [0.4, 0.5) is 0 Å².